The first-order valence-corrected chi connectivity index (χ1v) is 18.9. The average molecular weight is 735 g/mol. The van der Waals surface area contributed by atoms with Gasteiger partial charge >= 0.3 is 29.6 Å². The van der Waals surface area contributed by atoms with Crippen molar-refractivity contribution in [2.75, 3.05) is 17.6 Å². The van der Waals surface area contributed by atoms with Crippen molar-refractivity contribution in [1.82, 2.24) is 5.32 Å². The number of allylic oxidation sites excluding steroid dienone is 2. The normalized spacial score (nSPS) is 15.3. The van der Waals surface area contributed by atoms with Gasteiger partial charge in [0.15, 0.2) is 0 Å². The number of aryl methyl sites for hydroxylation is 1. The van der Waals surface area contributed by atoms with E-state index in [-0.39, 0.29) is 47.4 Å². The fraction of sp³-hybridized carbons (Fsp3) is 0.317. The molecule has 4 aromatic rings. The number of benzene rings is 4. The van der Waals surface area contributed by atoms with Crippen LogP contribution in [0.2, 0.25) is 5.02 Å². The Morgan fingerprint density at radius 2 is 1.63 bits per heavy atom. The van der Waals surface area contributed by atoms with Gasteiger partial charge in [-0.15, -0.1) is 0 Å². The second-order valence-corrected chi connectivity index (χ2v) is 16.1. The molecule has 0 aromatic heterocycles. The monoisotopic (exact) mass is 734 g/mol. The maximum atomic E-state index is 14.2. The molecule has 7 nitrogen and oxygen atoms in total. The van der Waals surface area contributed by atoms with E-state index in [9.17, 15) is 22.6 Å². The number of hydrogen-bond acceptors (Lipinski definition) is 5. The van der Waals surface area contributed by atoms with Crippen LogP contribution in [-0.2, 0) is 21.3 Å². The first-order valence-electron chi connectivity index (χ1n) is 16.9. The maximum absolute atomic E-state index is 14.2. The Kier molecular flexibility index (Phi) is 13.9. The largest absolute Gasteiger partial charge is 1.00 e. The van der Waals surface area contributed by atoms with Gasteiger partial charge in [0.05, 0.1) is 21.8 Å². The molecular formula is C41H44ClN2NaO5S. The van der Waals surface area contributed by atoms with Crippen molar-refractivity contribution in [3.63, 3.8) is 0 Å². The topological polar surface area (TPSA) is 115 Å². The summed E-state index contributed by atoms with van der Waals surface area (Å²) in [6.45, 7) is 8.64. The van der Waals surface area contributed by atoms with Gasteiger partial charge in [-0.1, -0.05) is 99.1 Å². The molecule has 262 valence electrons. The zero-order valence-electron chi connectivity index (χ0n) is 30.0. The van der Waals surface area contributed by atoms with Crippen LogP contribution in [0, 0.1) is 18.3 Å². The molecule has 10 heteroatoms. The summed E-state index contributed by atoms with van der Waals surface area (Å²) in [6, 6.07) is 28.6. The van der Waals surface area contributed by atoms with Gasteiger partial charge in [-0.05, 0) is 108 Å². The van der Waals surface area contributed by atoms with Gasteiger partial charge in [-0.2, -0.15) is 0 Å². The molecule has 0 spiro atoms. The number of hydrogen-bond donors (Lipinski definition) is 2. The van der Waals surface area contributed by atoms with Crippen LogP contribution in [0.1, 0.15) is 78.6 Å². The molecule has 1 aliphatic carbocycles. The Hall–Kier alpha value is -3.24. The van der Waals surface area contributed by atoms with Gasteiger partial charge in [-0.3, -0.25) is 9.59 Å². The summed E-state index contributed by atoms with van der Waals surface area (Å²) in [4.78, 5) is 26.8. The van der Waals surface area contributed by atoms with Crippen molar-refractivity contribution in [3.05, 3.63) is 130 Å². The molecule has 2 atom stereocenters. The first-order chi connectivity index (χ1) is 23.7. The average Bonchev–Trinajstić information content (AvgIpc) is 3.07. The molecule has 5 rings (SSSR count). The van der Waals surface area contributed by atoms with Crippen molar-refractivity contribution < 1.29 is 52.1 Å². The molecule has 0 heterocycles. The summed E-state index contributed by atoms with van der Waals surface area (Å²) in [5, 5.41) is 6.32. The number of amides is 2. The smallest absolute Gasteiger partial charge is 0.748 e. The zero-order valence-corrected chi connectivity index (χ0v) is 33.5. The number of carbonyl (C=O) groups is 2. The quantitative estimate of drug-likeness (QED) is 0.150. The third-order valence-corrected chi connectivity index (χ3v) is 10.5. The molecule has 2 amide bonds. The molecule has 0 saturated carbocycles. The van der Waals surface area contributed by atoms with Gasteiger partial charge in [0.25, 0.3) is 5.91 Å². The number of halogens is 1. The van der Waals surface area contributed by atoms with Crippen LogP contribution in [0.25, 0.3) is 16.7 Å². The van der Waals surface area contributed by atoms with E-state index in [0.29, 0.717) is 28.6 Å². The second-order valence-electron chi connectivity index (χ2n) is 14.2. The SMILES string of the molecule is Cc1cc(Cl)ccc1-c1ccccc1NC(=O)C(Cc1ccc(C(=O)NCCS(=O)(=O)[O-])cc1)c1ccc(C2=CCC(C(C)(C)C)CC2)cc1.[Na+]. The molecule has 0 aliphatic heterocycles. The van der Waals surface area contributed by atoms with E-state index < -0.39 is 27.7 Å². The van der Waals surface area contributed by atoms with Gasteiger partial charge in [0.2, 0.25) is 5.91 Å². The summed E-state index contributed by atoms with van der Waals surface area (Å²) < 4.78 is 32.7. The molecule has 4 aromatic carbocycles. The second kappa shape index (κ2) is 17.5. The van der Waals surface area contributed by atoms with Gasteiger partial charge < -0.3 is 15.2 Å². The molecule has 51 heavy (non-hydrogen) atoms. The minimum atomic E-state index is -4.43. The van der Waals surface area contributed by atoms with Crippen LogP contribution in [-0.4, -0.2) is 37.1 Å². The minimum absolute atomic E-state index is 0. The fourth-order valence-electron chi connectivity index (χ4n) is 6.57. The summed E-state index contributed by atoms with van der Waals surface area (Å²) in [5.74, 6) is -1.21. The summed E-state index contributed by atoms with van der Waals surface area (Å²) >= 11 is 6.24. The predicted molar refractivity (Wildman–Crippen MR) is 201 cm³/mol. The zero-order chi connectivity index (χ0) is 36.1. The first kappa shape index (κ1) is 40.5. The number of anilines is 1. The van der Waals surface area contributed by atoms with E-state index >= 15 is 0 Å². The predicted octanol–water partition coefficient (Wildman–Crippen LogP) is 5.79. The standard InChI is InChI=1S/C41H45ClN2O5S.Na/c1-27-25-34(42)21-22-35(27)36-7-5-6-8-38(36)44-40(46)37(26-28-9-11-32(12-10-28)39(45)43-23-24-50(47,48)49)31-15-13-29(14-16-31)30-17-19-33(20-18-30)41(2,3)4;/h5-17,21-22,25,33,37H,18-20,23-24,26H2,1-4H3,(H,43,45)(H,44,46)(H,47,48,49);/q;+1/p-1. The number of carbonyl (C=O) groups excluding carboxylic acids is 2. The van der Waals surface area contributed by atoms with Crippen LogP contribution in [0.5, 0.6) is 0 Å². The van der Waals surface area contributed by atoms with E-state index in [2.05, 4.69) is 49.6 Å². The molecule has 0 bridgehead atoms. The van der Waals surface area contributed by atoms with Gasteiger partial charge in [-0.25, -0.2) is 8.42 Å². The van der Waals surface area contributed by atoms with Crippen LogP contribution in [0.15, 0.2) is 97.1 Å². The molecule has 1 aliphatic rings. The maximum Gasteiger partial charge on any atom is 1.00 e. The van der Waals surface area contributed by atoms with Crippen molar-refractivity contribution in [2.45, 2.75) is 59.3 Å². The number of para-hydroxylation sites is 1. The molecule has 0 saturated heterocycles. The number of nitrogens with one attached hydrogen (secondary N) is 2. The van der Waals surface area contributed by atoms with E-state index in [1.165, 1.54) is 11.1 Å². The van der Waals surface area contributed by atoms with E-state index in [1.54, 1.807) is 24.3 Å². The molecule has 0 fully saturated rings. The van der Waals surface area contributed by atoms with Crippen molar-refractivity contribution in [3.8, 4) is 11.1 Å². The van der Waals surface area contributed by atoms with Gasteiger partial charge in [0, 0.05) is 28.4 Å². The van der Waals surface area contributed by atoms with Crippen LogP contribution in [0.4, 0.5) is 5.69 Å². The molecular weight excluding hydrogens is 691 g/mol. The van der Waals surface area contributed by atoms with Crippen LogP contribution in [0.3, 0.4) is 0 Å². The van der Waals surface area contributed by atoms with Crippen LogP contribution < -0.4 is 40.2 Å². The van der Waals surface area contributed by atoms with Crippen molar-refractivity contribution in [1.29, 1.82) is 0 Å². The van der Waals surface area contributed by atoms with E-state index in [0.717, 1.165) is 47.1 Å². The minimum Gasteiger partial charge on any atom is -0.748 e. The fourth-order valence-corrected chi connectivity index (χ4v) is 7.15. The van der Waals surface area contributed by atoms with Gasteiger partial charge in [0.1, 0.15) is 0 Å². The van der Waals surface area contributed by atoms with Crippen molar-refractivity contribution >= 4 is 44.8 Å². The Morgan fingerprint density at radius 3 is 2.24 bits per heavy atom. The summed E-state index contributed by atoms with van der Waals surface area (Å²) in [7, 11) is -4.43. The van der Waals surface area contributed by atoms with E-state index in [4.69, 9.17) is 11.6 Å². The number of rotatable bonds is 11. The van der Waals surface area contributed by atoms with Crippen molar-refractivity contribution in [2.24, 2.45) is 11.3 Å². The molecule has 0 radical (unpaired) electrons. The third kappa shape index (κ3) is 11.1. The Labute approximate surface area is 329 Å². The molecule has 2 N–H and O–H groups in total. The Morgan fingerprint density at radius 1 is 0.941 bits per heavy atom. The van der Waals surface area contributed by atoms with E-state index in [1.807, 2.05) is 61.5 Å². The Bertz CT molecular complexity index is 1990. The summed E-state index contributed by atoms with van der Waals surface area (Å²) in [5.41, 5.74) is 8.38. The molecule has 2 unspecified atom stereocenters. The summed E-state index contributed by atoms with van der Waals surface area (Å²) in [6.07, 6.45) is 5.98. The van der Waals surface area contributed by atoms with Crippen LogP contribution >= 0.6 is 11.6 Å². The Balaban J connectivity index is 0.00000583. The third-order valence-electron chi connectivity index (χ3n) is 9.59.